The van der Waals surface area contributed by atoms with Crippen LogP contribution in [0, 0.1) is 0 Å². The fraction of sp³-hybridized carbons (Fsp3) is 0.400. The van der Waals surface area contributed by atoms with Gasteiger partial charge in [-0.1, -0.05) is 0 Å². The number of hydrogen-bond acceptors (Lipinski definition) is 6. The molecule has 0 radical (unpaired) electrons. The fourth-order valence-corrected chi connectivity index (χ4v) is 2.88. The highest BCUT2D eigenvalue weighted by Crippen LogP contribution is 2.12. The molecule has 0 bridgehead atoms. The van der Waals surface area contributed by atoms with Crippen LogP contribution in [0.1, 0.15) is 12.8 Å². The van der Waals surface area contributed by atoms with E-state index in [0.717, 1.165) is 0 Å². The zero-order valence-corrected chi connectivity index (χ0v) is 10.9. The van der Waals surface area contributed by atoms with Crippen molar-refractivity contribution in [2.75, 3.05) is 12.0 Å². The average Bonchev–Trinajstić information content (AvgIpc) is 2.82. The molecule has 1 aromatic rings. The first-order valence-corrected chi connectivity index (χ1v) is 7.21. The Kier molecular flexibility index (Phi) is 3.98. The summed E-state index contributed by atoms with van der Waals surface area (Å²) in [4.78, 5) is 14.9. The van der Waals surface area contributed by atoms with Gasteiger partial charge in [0, 0.05) is 31.3 Å². The van der Waals surface area contributed by atoms with Crippen LogP contribution in [0.3, 0.4) is 0 Å². The van der Waals surface area contributed by atoms with E-state index < -0.39 is 10.0 Å². The first-order chi connectivity index (χ1) is 9.01. The lowest BCUT2D eigenvalue weighted by atomic mass is 10.2. The number of amides is 1. The van der Waals surface area contributed by atoms with Crippen LogP contribution in [0.2, 0.25) is 0 Å². The van der Waals surface area contributed by atoms with Crippen molar-refractivity contribution in [2.45, 2.75) is 23.8 Å². The van der Waals surface area contributed by atoms with Crippen LogP contribution >= 0.6 is 0 Å². The zero-order chi connectivity index (χ0) is 13.9. The largest absolute Gasteiger partial charge is 0.352 e. The van der Waals surface area contributed by atoms with E-state index in [9.17, 15) is 13.2 Å². The van der Waals surface area contributed by atoms with Gasteiger partial charge in [-0.3, -0.25) is 4.79 Å². The number of carbonyl (C=O) groups is 1. The smallest absolute Gasteiger partial charge is 0.240 e. The summed E-state index contributed by atoms with van der Waals surface area (Å²) in [5, 5.41) is 2.69. The van der Waals surface area contributed by atoms with Gasteiger partial charge in [0.1, 0.15) is 5.82 Å². The highest BCUT2D eigenvalue weighted by atomic mass is 32.2. The molecule has 0 aromatic carbocycles. The SMILES string of the molecule is NNc1cc(S(=O)(=O)NCC2CCC(=O)N2)ccn1. The van der Waals surface area contributed by atoms with Crippen LogP contribution in [0.4, 0.5) is 5.82 Å². The third-order valence-electron chi connectivity index (χ3n) is 2.79. The number of carbonyl (C=O) groups excluding carboxylic acids is 1. The van der Waals surface area contributed by atoms with Gasteiger partial charge in [0.05, 0.1) is 4.90 Å². The Morgan fingerprint density at radius 2 is 2.32 bits per heavy atom. The molecule has 2 heterocycles. The average molecular weight is 285 g/mol. The summed E-state index contributed by atoms with van der Waals surface area (Å²) in [5.41, 5.74) is 2.28. The summed E-state index contributed by atoms with van der Waals surface area (Å²) in [7, 11) is -3.63. The summed E-state index contributed by atoms with van der Waals surface area (Å²) in [5.74, 6) is 5.38. The maximum Gasteiger partial charge on any atom is 0.240 e. The van der Waals surface area contributed by atoms with Crippen LogP contribution in [0.25, 0.3) is 0 Å². The van der Waals surface area contributed by atoms with E-state index >= 15 is 0 Å². The minimum atomic E-state index is -3.63. The minimum absolute atomic E-state index is 0.0530. The van der Waals surface area contributed by atoms with E-state index in [1.165, 1.54) is 18.3 Å². The summed E-state index contributed by atoms with van der Waals surface area (Å²) < 4.78 is 26.5. The molecular formula is C10H15N5O3S. The Hall–Kier alpha value is -1.71. The van der Waals surface area contributed by atoms with Crippen molar-refractivity contribution in [1.82, 2.24) is 15.0 Å². The van der Waals surface area contributed by atoms with E-state index in [-0.39, 0.29) is 29.2 Å². The second-order valence-electron chi connectivity index (χ2n) is 4.18. The van der Waals surface area contributed by atoms with Crippen LogP contribution in [-0.4, -0.2) is 31.9 Å². The second-order valence-corrected chi connectivity index (χ2v) is 5.94. The molecule has 0 saturated carbocycles. The standard InChI is InChI=1S/C10H15N5O3S/c11-15-9-5-8(3-4-12-9)19(17,18)13-6-7-1-2-10(16)14-7/h3-5,7,13H,1-2,6,11H2,(H,12,15)(H,14,16). The number of rotatable bonds is 5. The molecule has 1 atom stereocenters. The van der Waals surface area contributed by atoms with Crippen LogP contribution in [0.15, 0.2) is 23.2 Å². The van der Waals surface area contributed by atoms with E-state index in [4.69, 9.17) is 5.84 Å². The van der Waals surface area contributed by atoms with Gasteiger partial charge < -0.3 is 10.7 Å². The minimum Gasteiger partial charge on any atom is -0.352 e. The molecule has 19 heavy (non-hydrogen) atoms. The number of nitrogens with one attached hydrogen (secondary N) is 3. The Morgan fingerprint density at radius 3 is 2.95 bits per heavy atom. The quantitative estimate of drug-likeness (QED) is 0.403. The number of hydrogen-bond donors (Lipinski definition) is 4. The third-order valence-corrected chi connectivity index (χ3v) is 4.22. The topological polar surface area (TPSA) is 126 Å². The van der Waals surface area contributed by atoms with E-state index in [2.05, 4.69) is 20.4 Å². The lowest BCUT2D eigenvalue weighted by molar-refractivity contribution is -0.119. The summed E-state index contributed by atoms with van der Waals surface area (Å²) in [6.07, 6.45) is 2.41. The molecule has 1 unspecified atom stereocenters. The van der Waals surface area contributed by atoms with Crippen molar-refractivity contribution in [3.63, 3.8) is 0 Å². The van der Waals surface area contributed by atoms with E-state index in [0.29, 0.717) is 12.8 Å². The molecule has 2 rings (SSSR count). The number of sulfonamides is 1. The van der Waals surface area contributed by atoms with Gasteiger partial charge in [-0.05, 0) is 12.5 Å². The molecule has 1 amide bonds. The van der Waals surface area contributed by atoms with Gasteiger partial charge in [0.15, 0.2) is 0 Å². The molecule has 1 fully saturated rings. The number of nitrogens with two attached hydrogens (primary N) is 1. The Bertz CT molecular complexity index is 574. The summed E-state index contributed by atoms with van der Waals surface area (Å²) in [6, 6.07) is 2.54. The zero-order valence-electron chi connectivity index (χ0n) is 10.1. The highest BCUT2D eigenvalue weighted by Gasteiger charge is 2.23. The van der Waals surface area contributed by atoms with Crippen molar-refractivity contribution < 1.29 is 13.2 Å². The first kappa shape index (κ1) is 13.7. The lowest BCUT2D eigenvalue weighted by Crippen LogP contribution is -2.38. The number of hydrazine groups is 1. The van der Waals surface area contributed by atoms with Crippen molar-refractivity contribution >= 4 is 21.7 Å². The normalized spacial score (nSPS) is 19.2. The monoisotopic (exact) mass is 285 g/mol. The molecule has 8 nitrogen and oxygen atoms in total. The summed E-state index contributed by atoms with van der Waals surface area (Å²) in [6.45, 7) is 0.168. The van der Waals surface area contributed by atoms with Gasteiger partial charge in [-0.2, -0.15) is 0 Å². The third kappa shape index (κ3) is 3.40. The highest BCUT2D eigenvalue weighted by molar-refractivity contribution is 7.89. The number of pyridine rings is 1. The summed E-state index contributed by atoms with van der Waals surface area (Å²) >= 11 is 0. The molecule has 104 valence electrons. The van der Waals surface area contributed by atoms with Crippen LogP contribution in [0.5, 0.6) is 0 Å². The second kappa shape index (κ2) is 5.51. The lowest BCUT2D eigenvalue weighted by Gasteiger charge is -2.12. The molecule has 9 heteroatoms. The van der Waals surface area contributed by atoms with Gasteiger partial charge in [-0.25, -0.2) is 24.0 Å². The predicted molar refractivity (Wildman–Crippen MR) is 68.4 cm³/mol. The van der Waals surface area contributed by atoms with E-state index in [1.54, 1.807) is 0 Å². The van der Waals surface area contributed by atoms with Gasteiger partial charge in [-0.15, -0.1) is 0 Å². The van der Waals surface area contributed by atoms with Crippen molar-refractivity contribution in [3.05, 3.63) is 18.3 Å². The molecule has 1 aliphatic heterocycles. The number of nitrogens with zero attached hydrogens (tertiary/aromatic N) is 1. The maximum atomic E-state index is 12.0. The molecule has 1 saturated heterocycles. The van der Waals surface area contributed by atoms with Crippen molar-refractivity contribution in [1.29, 1.82) is 0 Å². The maximum absolute atomic E-state index is 12.0. The van der Waals surface area contributed by atoms with Crippen LogP contribution < -0.4 is 21.3 Å². The Balaban J connectivity index is 2.03. The van der Waals surface area contributed by atoms with Crippen molar-refractivity contribution in [2.24, 2.45) is 5.84 Å². The first-order valence-electron chi connectivity index (χ1n) is 5.73. The fourth-order valence-electron chi connectivity index (χ4n) is 1.78. The molecule has 1 aromatic heterocycles. The van der Waals surface area contributed by atoms with Crippen LogP contribution in [-0.2, 0) is 14.8 Å². The molecule has 0 aliphatic carbocycles. The molecule has 0 spiro atoms. The van der Waals surface area contributed by atoms with Gasteiger partial charge in [0.25, 0.3) is 0 Å². The molecule has 5 N–H and O–H groups in total. The van der Waals surface area contributed by atoms with Crippen molar-refractivity contribution in [3.8, 4) is 0 Å². The van der Waals surface area contributed by atoms with Gasteiger partial charge in [0.2, 0.25) is 15.9 Å². The predicted octanol–water partition coefficient (Wildman–Crippen LogP) is -1.08. The number of anilines is 1. The van der Waals surface area contributed by atoms with E-state index in [1.807, 2.05) is 0 Å². The number of nitrogen functional groups attached to an aromatic ring is 1. The molecule has 1 aliphatic rings. The number of aromatic nitrogens is 1. The Morgan fingerprint density at radius 1 is 1.53 bits per heavy atom. The molecular weight excluding hydrogens is 270 g/mol. The Labute approximate surface area is 110 Å². The van der Waals surface area contributed by atoms with Gasteiger partial charge >= 0.3 is 0 Å².